The van der Waals surface area contributed by atoms with Gasteiger partial charge in [0.1, 0.15) is 17.1 Å². The molecule has 0 aromatic heterocycles. The molecule has 27 heavy (non-hydrogen) atoms. The largest absolute Gasteiger partial charge is 0.423 e. The van der Waals surface area contributed by atoms with Gasteiger partial charge in [-0.2, -0.15) is 0 Å². The van der Waals surface area contributed by atoms with E-state index in [1.54, 1.807) is 48.5 Å². The molecule has 0 heterocycles. The van der Waals surface area contributed by atoms with E-state index in [0.29, 0.717) is 21.5 Å². The van der Waals surface area contributed by atoms with E-state index in [0.717, 1.165) is 0 Å². The number of amides is 1. The summed E-state index contributed by atoms with van der Waals surface area (Å²) in [4.78, 5) is 24.5. The van der Waals surface area contributed by atoms with Crippen molar-refractivity contribution < 1.29 is 19.1 Å². The molecule has 3 aromatic carbocycles. The van der Waals surface area contributed by atoms with Gasteiger partial charge in [0.25, 0.3) is 0 Å². The van der Waals surface area contributed by atoms with Crippen molar-refractivity contribution in [3.05, 3.63) is 88.4 Å². The molecule has 0 unspecified atom stereocenters. The van der Waals surface area contributed by atoms with Crippen molar-refractivity contribution in [2.75, 3.05) is 5.32 Å². The maximum atomic E-state index is 12.4. The second kappa shape index (κ2) is 8.58. The Kier molecular flexibility index (Phi) is 5.96. The Bertz CT molecular complexity index is 977. The minimum atomic E-state index is -0.784. The summed E-state index contributed by atoms with van der Waals surface area (Å²) >= 11 is 11.8. The van der Waals surface area contributed by atoms with Gasteiger partial charge in [-0.15, -0.1) is 0 Å². The molecule has 0 saturated carbocycles. The number of hydrogen-bond acceptors (Lipinski definition) is 4. The maximum Gasteiger partial charge on any atom is 0.417 e. The Morgan fingerprint density at radius 1 is 0.778 bits per heavy atom. The van der Waals surface area contributed by atoms with Gasteiger partial charge in [0.05, 0.1) is 10.0 Å². The summed E-state index contributed by atoms with van der Waals surface area (Å²) in [6.45, 7) is 0. The predicted octanol–water partition coefficient (Wildman–Crippen LogP) is 5.82. The van der Waals surface area contributed by atoms with Gasteiger partial charge in [-0.3, -0.25) is 5.32 Å². The molecule has 1 N–H and O–H groups in total. The number of benzene rings is 3. The zero-order valence-electron chi connectivity index (χ0n) is 13.8. The zero-order valence-corrected chi connectivity index (χ0v) is 15.3. The Hall–Kier alpha value is -3.02. The van der Waals surface area contributed by atoms with Crippen LogP contribution in [0.1, 0.15) is 10.4 Å². The monoisotopic (exact) mass is 401 g/mol. The van der Waals surface area contributed by atoms with Crippen molar-refractivity contribution in [2.24, 2.45) is 0 Å². The Balaban J connectivity index is 1.72. The SMILES string of the molecule is O=C(Nc1ccc(Cl)c(Cl)c1)Oc1ccccc1C(=O)Oc1ccccc1. The number of para-hydroxylation sites is 2. The van der Waals surface area contributed by atoms with Crippen LogP contribution in [0.2, 0.25) is 10.0 Å². The van der Waals surface area contributed by atoms with Crippen molar-refractivity contribution in [2.45, 2.75) is 0 Å². The average Bonchev–Trinajstić information content (AvgIpc) is 2.66. The Morgan fingerprint density at radius 3 is 2.22 bits per heavy atom. The van der Waals surface area contributed by atoms with Gasteiger partial charge in [0.15, 0.2) is 0 Å². The lowest BCUT2D eigenvalue weighted by Gasteiger charge is -2.11. The molecule has 0 aliphatic heterocycles. The summed E-state index contributed by atoms with van der Waals surface area (Å²) in [6.07, 6.45) is -0.784. The molecule has 0 aliphatic rings. The first-order valence-electron chi connectivity index (χ1n) is 7.83. The highest BCUT2D eigenvalue weighted by molar-refractivity contribution is 6.42. The lowest BCUT2D eigenvalue weighted by Crippen LogP contribution is -2.19. The molecule has 0 aliphatic carbocycles. The van der Waals surface area contributed by atoms with E-state index in [2.05, 4.69) is 5.32 Å². The summed E-state index contributed by atoms with van der Waals surface area (Å²) in [6, 6.07) is 19.5. The van der Waals surface area contributed by atoms with Crippen molar-refractivity contribution in [1.29, 1.82) is 0 Å². The molecule has 136 valence electrons. The van der Waals surface area contributed by atoms with Crippen molar-refractivity contribution in [3.63, 3.8) is 0 Å². The lowest BCUT2D eigenvalue weighted by molar-refractivity contribution is 0.0732. The highest BCUT2D eigenvalue weighted by Crippen LogP contribution is 2.26. The summed E-state index contributed by atoms with van der Waals surface area (Å²) in [5.74, 6) is -0.187. The third-order valence-corrected chi connectivity index (χ3v) is 4.17. The van der Waals surface area contributed by atoms with Gasteiger partial charge in [0, 0.05) is 5.69 Å². The lowest BCUT2D eigenvalue weighted by atomic mass is 10.2. The van der Waals surface area contributed by atoms with Crippen LogP contribution in [0.25, 0.3) is 0 Å². The standard InChI is InChI=1S/C20H13Cl2NO4/c21-16-11-10-13(12-17(16)22)23-20(25)27-18-9-5-4-8-15(18)19(24)26-14-6-2-1-3-7-14/h1-12H,(H,23,25). The molecule has 0 bridgehead atoms. The van der Waals surface area contributed by atoms with Gasteiger partial charge in [-0.25, -0.2) is 9.59 Å². The molecule has 0 spiro atoms. The van der Waals surface area contributed by atoms with Crippen LogP contribution in [0.5, 0.6) is 11.5 Å². The number of rotatable bonds is 4. The minimum absolute atomic E-state index is 0.0657. The van der Waals surface area contributed by atoms with Crippen molar-refractivity contribution in [1.82, 2.24) is 0 Å². The number of ether oxygens (including phenoxy) is 2. The third kappa shape index (κ3) is 5.00. The fourth-order valence-electron chi connectivity index (χ4n) is 2.19. The second-order valence-electron chi connectivity index (χ2n) is 5.34. The molecule has 0 radical (unpaired) electrons. The predicted molar refractivity (Wildman–Crippen MR) is 104 cm³/mol. The summed E-state index contributed by atoms with van der Waals surface area (Å²) in [5, 5.41) is 3.18. The smallest absolute Gasteiger partial charge is 0.417 e. The minimum Gasteiger partial charge on any atom is -0.423 e. The van der Waals surface area contributed by atoms with Crippen molar-refractivity contribution in [3.8, 4) is 11.5 Å². The average molecular weight is 402 g/mol. The van der Waals surface area contributed by atoms with Crippen LogP contribution in [0.15, 0.2) is 72.8 Å². The number of carbonyl (C=O) groups is 2. The van der Waals surface area contributed by atoms with Gasteiger partial charge in [0.2, 0.25) is 0 Å². The van der Waals surface area contributed by atoms with Gasteiger partial charge in [-0.05, 0) is 42.5 Å². The van der Waals surface area contributed by atoms with Crippen LogP contribution in [-0.2, 0) is 0 Å². The highest BCUT2D eigenvalue weighted by Gasteiger charge is 2.17. The Labute approximate surface area is 165 Å². The van der Waals surface area contributed by atoms with E-state index in [1.165, 1.54) is 18.2 Å². The summed E-state index contributed by atoms with van der Waals surface area (Å²) in [7, 11) is 0. The number of halogens is 2. The van der Waals surface area contributed by atoms with Crippen LogP contribution in [0.3, 0.4) is 0 Å². The third-order valence-electron chi connectivity index (χ3n) is 3.43. The number of anilines is 1. The topological polar surface area (TPSA) is 64.6 Å². The fourth-order valence-corrected chi connectivity index (χ4v) is 2.49. The first-order chi connectivity index (χ1) is 13.0. The van der Waals surface area contributed by atoms with Gasteiger partial charge >= 0.3 is 12.1 Å². The first kappa shape index (κ1) is 18.8. The summed E-state index contributed by atoms with van der Waals surface area (Å²) < 4.78 is 10.5. The van der Waals surface area contributed by atoms with E-state index in [1.807, 2.05) is 6.07 Å². The van der Waals surface area contributed by atoms with E-state index >= 15 is 0 Å². The first-order valence-corrected chi connectivity index (χ1v) is 8.58. The van der Waals surface area contributed by atoms with Gasteiger partial charge < -0.3 is 9.47 Å². The molecule has 1 amide bonds. The van der Waals surface area contributed by atoms with E-state index in [4.69, 9.17) is 32.7 Å². The van der Waals surface area contributed by atoms with Crippen LogP contribution in [0, 0.1) is 0 Å². The molecular weight excluding hydrogens is 389 g/mol. The molecule has 0 atom stereocenters. The summed E-state index contributed by atoms with van der Waals surface area (Å²) in [5.41, 5.74) is 0.518. The number of esters is 1. The molecule has 5 nitrogen and oxygen atoms in total. The fraction of sp³-hybridized carbons (Fsp3) is 0. The molecule has 7 heteroatoms. The molecule has 3 aromatic rings. The van der Waals surface area contributed by atoms with Crippen LogP contribution >= 0.6 is 23.2 Å². The van der Waals surface area contributed by atoms with E-state index in [-0.39, 0.29) is 11.3 Å². The highest BCUT2D eigenvalue weighted by atomic mass is 35.5. The second-order valence-corrected chi connectivity index (χ2v) is 6.16. The normalized spacial score (nSPS) is 10.1. The van der Waals surface area contributed by atoms with Crippen LogP contribution in [-0.4, -0.2) is 12.1 Å². The van der Waals surface area contributed by atoms with Gasteiger partial charge in [-0.1, -0.05) is 53.5 Å². The zero-order chi connectivity index (χ0) is 19.2. The van der Waals surface area contributed by atoms with Crippen LogP contribution in [0.4, 0.5) is 10.5 Å². The molecule has 3 rings (SSSR count). The molecule has 0 fully saturated rings. The number of carbonyl (C=O) groups excluding carboxylic acids is 2. The number of nitrogens with one attached hydrogen (secondary N) is 1. The van der Waals surface area contributed by atoms with E-state index < -0.39 is 12.1 Å². The number of hydrogen-bond donors (Lipinski definition) is 1. The van der Waals surface area contributed by atoms with Crippen LogP contribution < -0.4 is 14.8 Å². The molecular formula is C20H13Cl2NO4. The van der Waals surface area contributed by atoms with Crippen molar-refractivity contribution >= 4 is 41.0 Å². The maximum absolute atomic E-state index is 12.4. The Morgan fingerprint density at radius 2 is 1.48 bits per heavy atom. The van der Waals surface area contributed by atoms with E-state index in [9.17, 15) is 9.59 Å². The molecule has 0 saturated heterocycles. The quantitative estimate of drug-likeness (QED) is 0.441.